The highest BCUT2D eigenvalue weighted by atomic mass is 19.2. The Morgan fingerprint density at radius 3 is 2.96 bits per heavy atom. The van der Waals surface area contributed by atoms with Gasteiger partial charge in [0.2, 0.25) is 5.91 Å². The van der Waals surface area contributed by atoms with E-state index in [4.69, 9.17) is 4.42 Å². The molecule has 0 bridgehead atoms. The zero-order chi connectivity index (χ0) is 16.9. The Morgan fingerprint density at radius 1 is 1.29 bits per heavy atom. The van der Waals surface area contributed by atoms with Crippen LogP contribution in [0.15, 0.2) is 41.0 Å². The van der Waals surface area contributed by atoms with Crippen molar-refractivity contribution in [3.05, 3.63) is 59.6 Å². The maximum atomic E-state index is 13.6. The summed E-state index contributed by atoms with van der Waals surface area (Å²) in [6.07, 6.45) is 2.51. The molecule has 0 unspecified atom stereocenters. The molecule has 1 N–H and O–H groups in total. The number of nitrogens with zero attached hydrogens (tertiary/aromatic N) is 1. The van der Waals surface area contributed by atoms with Crippen LogP contribution in [0.3, 0.4) is 0 Å². The fourth-order valence-electron chi connectivity index (χ4n) is 3.02. The van der Waals surface area contributed by atoms with Crippen LogP contribution in [-0.2, 0) is 17.8 Å². The summed E-state index contributed by atoms with van der Waals surface area (Å²) in [4.78, 5) is 14.2. The molecule has 1 atom stereocenters. The van der Waals surface area contributed by atoms with Crippen molar-refractivity contribution >= 4 is 5.91 Å². The Labute approximate surface area is 139 Å². The molecule has 1 aliphatic heterocycles. The number of halogens is 2. The molecule has 2 aromatic rings. The Hall–Kier alpha value is -2.21. The van der Waals surface area contributed by atoms with Crippen LogP contribution in [0.5, 0.6) is 0 Å². The molecule has 1 amide bonds. The van der Waals surface area contributed by atoms with Crippen LogP contribution in [0, 0.1) is 17.6 Å². The Morgan fingerprint density at radius 2 is 2.17 bits per heavy atom. The third-order valence-corrected chi connectivity index (χ3v) is 4.30. The molecule has 24 heavy (non-hydrogen) atoms. The summed E-state index contributed by atoms with van der Waals surface area (Å²) in [5, 5.41) is 2.82. The van der Waals surface area contributed by atoms with E-state index in [2.05, 4.69) is 10.2 Å². The predicted molar refractivity (Wildman–Crippen MR) is 85.2 cm³/mol. The molecule has 128 valence electrons. The van der Waals surface area contributed by atoms with Gasteiger partial charge in [0.25, 0.3) is 0 Å². The van der Waals surface area contributed by atoms with Gasteiger partial charge in [0.1, 0.15) is 5.76 Å². The molecule has 1 aromatic heterocycles. The number of hydrogen-bond acceptors (Lipinski definition) is 3. The van der Waals surface area contributed by atoms with Crippen molar-refractivity contribution in [2.24, 2.45) is 5.92 Å². The average Bonchev–Trinajstić information content (AvgIpc) is 3.22. The van der Waals surface area contributed by atoms with Gasteiger partial charge in [0.15, 0.2) is 11.6 Å². The number of hydrogen-bond donors (Lipinski definition) is 1. The lowest BCUT2D eigenvalue weighted by molar-refractivity contribution is -0.120. The number of furan rings is 1. The molecule has 3 rings (SSSR count). The summed E-state index contributed by atoms with van der Waals surface area (Å²) < 4.78 is 32.0. The third-order valence-electron chi connectivity index (χ3n) is 4.30. The zero-order valence-electron chi connectivity index (χ0n) is 13.3. The minimum Gasteiger partial charge on any atom is -0.468 e. The molecule has 1 saturated heterocycles. The van der Waals surface area contributed by atoms with Crippen molar-refractivity contribution in [2.45, 2.75) is 19.4 Å². The zero-order valence-corrected chi connectivity index (χ0v) is 13.3. The number of carbonyl (C=O) groups is 1. The minimum atomic E-state index is -0.946. The maximum Gasteiger partial charge on any atom is 0.224 e. The molecule has 0 saturated carbocycles. The van der Waals surface area contributed by atoms with Crippen molar-refractivity contribution in [2.75, 3.05) is 19.6 Å². The normalized spacial score (nSPS) is 18.0. The minimum absolute atomic E-state index is 0.0818. The van der Waals surface area contributed by atoms with E-state index in [1.54, 1.807) is 6.26 Å². The van der Waals surface area contributed by atoms with Crippen molar-refractivity contribution in [3.8, 4) is 0 Å². The molecule has 1 fully saturated rings. The molecule has 4 nitrogen and oxygen atoms in total. The molecule has 2 heterocycles. The second kappa shape index (κ2) is 7.57. The molecular formula is C18H20F2N2O2. The number of benzene rings is 1. The molecular weight excluding hydrogens is 314 g/mol. The highest BCUT2D eigenvalue weighted by Crippen LogP contribution is 2.18. The van der Waals surface area contributed by atoms with Crippen LogP contribution in [0.2, 0.25) is 0 Å². The van der Waals surface area contributed by atoms with E-state index in [1.807, 2.05) is 12.1 Å². The van der Waals surface area contributed by atoms with Gasteiger partial charge >= 0.3 is 0 Å². The standard InChI is InChI=1S/C18H20F2N2O2/c19-16-5-1-3-14(18(16)20)9-17(23)21-10-13-6-7-22(11-13)12-15-4-2-8-24-15/h1-5,8,13H,6-7,9-12H2,(H,21,23)/t13-/m0/s1. The smallest absolute Gasteiger partial charge is 0.224 e. The number of rotatable bonds is 6. The van der Waals surface area contributed by atoms with Gasteiger partial charge in [0.05, 0.1) is 19.2 Å². The first kappa shape index (κ1) is 16.6. The number of carbonyl (C=O) groups excluding carboxylic acids is 1. The van der Waals surface area contributed by atoms with Crippen molar-refractivity contribution < 1.29 is 18.0 Å². The first-order valence-corrected chi connectivity index (χ1v) is 8.06. The van der Waals surface area contributed by atoms with E-state index < -0.39 is 11.6 Å². The van der Waals surface area contributed by atoms with Gasteiger partial charge in [-0.1, -0.05) is 12.1 Å². The van der Waals surface area contributed by atoms with Crippen LogP contribution >= 0.6 is 0 Å². The van der Waals surface area contributed by atoms with Crippen molar-refractivity contribution in [1.82, 2.24) is 10.2 Å². The monoisotopic (exact) mass is 334 g/mol. The Balaban J connectivity index is 1.43. The number of likely N-dealkylation sites (tertiary alicyclic amines) is 1. The lowest BCUT2D eigenvalue weighted by atomic mass is 10.1. The predicted octanol–water partition coefficient (Wildman–Crippen LogP) is 2.74. The lowest BCUT2D eigenvalue weighted by Gasteiger charge is -2.15. The Bertz CT molecular complexity index is 688. The lowest BCUT2D eigenvalue weighted by Crippen LogP contribution is -2.32. The van der Waals surface area contributed by atoms with Crippen molar-refractivity contribution in [3.63, 3.8) is 0 Å². The molecule has 0 aliphatic carbocycles. The number of nitrogens with one attached hydrogen (secondary N) is 1. The quantitative estimate of drug-likeness (QED) is 0.883. The van der Waals surface area contributed by atoms with Gasteiger partial charge in [-0.25, -0.2) is 8.78 Å². The maximum absolute atomic E-state index is 13.6. The van der Waals surface area contributed by atoms with Gasteiger partial charge in [-0.2, -0.15) is 0 Å². The van der Waals surface area contributed by atoms with E-state index in [1.165, 1.54) is 12.1 Å². The molecule has 1 aromatic carbocycles. The van der Waals surface area contributed by atoms with E-state index in [0.29, 0.717) is 12.5 Å². The summed E-state index contributed by atoms with van der Waals surface area (Å²) in [5.41, 5.74) is 0.0818. The van der Waals surface area contributed by atoms with E-state index in [-0.39, 0.29) is 17.9 Å². The first-order chi connectivity index (χ1) is 11.6. The highest BCUT2D eigenvalue weighted by molar-refractivity contribution is 5.78. The third kappa shape index (κ3) is 4.20. The summed E-state index contributed by atoms with van der Waals surface area (Å²) in [7, 11) is 0. The van der Waals surface area contributed by atoms with E-state index in [0.717, 1.165) is 37.9 Å². The van der Waals surface area contributed by atoms with E-state index in [9.17, 15) is 13.6 Å². The molecule has 0 radical (unpaired) electrons. The average molecular weight is 334 g/mol. The van der Waals surface area contributed by atoms with Gasteiger partial charge in [-0.05, 0) is 37.1 Å². The summed E-state index contributed by atoms with van der Waals surface area (Å²) in [6, 6.07) is 7.70. The van der Waals surface area contributed by atoms with Crippen LogP contribution in [-0.4, -0.2) is 30.4 Å². The summed E-state index contributed by atoms with van der Waals surface area (Å²) in [6.45, 7) is 3.16. The molecule has 6 heteroatoms. The molecule has 0 spiro atoms. The summed E-state index contributed by atoms with van der Waals surface area (Å²) in [5.74, 6) is -0.866. The van der Waals surface area contributed by atoms with Gasteiger partial charge in [-0.15, -0.1) is 0 Å². The van der Waals surface area contributed by atoms with Crippen LogP contribution in [0.4, 0.5) is 8.78 Å². The van der Waals surface area contributed by atoms with E-state index >= 15 is 0 Å². The SMILES string of the molecule is O=C(Cc1cccc(F)c1F)NC[C@@H]1CCN(Cc2ccco2)C1. The van der Waals surface area contributed by atoms with Gasteiger partial charge in [-0.3, -0.25) is 9.69 Å². The fourth-order valence-corrected chi connectivity index (χ4v) is 3.02. The van der Waals surface area contributed by atoms with Crippen molar-refractivity contribution in [1.29, 1.82) is 0 Å². The Kier molecular flexibility index (Phi) is 5.25. The fraction of sp³-hybridized carbons (Fsp3) is 0.389. The van der Waals surface area contributed by atoms with Gasteiger partial charge in [0, 0.05) is 18.7 Å². The number of amides is 1. The van der Waals surface area contributed by atoms with Gasteiger partial charge < -0.3 is 9.73 Å². The van der Waals surface area contributed by atoms with Crippen LogP contribution < -0.4 is 5.32 Å². The topological polar surface area (TPSA) is 45.5 Å². The van der Waals surface area contributed by atoms with Crippen LogP contribution in [0.1, 0.15) is 17.7 Å². The second-order valence-corrected chi connectivity index (χ2v) is 6.16. The summed E-state index contributed by atoms with van der Waals surface area (Å²) >= 11 is 0. The first-order valence-electron chi connectivity index (χ1n) is 8.06. The largest absolute Gasteiger partial charge is 0.468 e. The second-order valence-electron chi connectivity index (χ2n) is 6.16. The highest BCUT2D eigenvalue weighted by Gasteiger charge is 2.23. The molecule has 1 aliphatic rings. The van der Waals surface area contributed by atoms with Crippen LogP contribution in [0.25, 0.3) is 0 Å².